The average Bonchev–Trinajstić information content (AvgIpc) is 2.71. The van der Waals surface area contributed by atoms with Crippen LogP contribution in [0.3, 0.4) is 0 Å². The van der Waals surface area contributed by atoms with E-state index in [0.29, 0.717) is 19.1 Å². The van der Waals surface area contributed by atoms with Gasteiger partial charge in [0.15, 0.2) is 0 Å². The van der Waals surface area contributed by atoms with E-state index in [-0.39, 0.29) is 0 Å². The molecule has 0 saturated heterocycles. The summed E-state index contributed by atoms with van der Waals surface area (Å²) in [5, 5.41) is 3.48. The molecule has 0 aliphatic rings. The average molecular weight is 361 g/mol. The fourth-order valence-corrected chi connectivity index (χ4v) is 2.68. The Balaban J connectivity index is 1.60. The molecule has 3 nitrogen and oxygen atoms in total. The van der Waals surface area contributed by atoms with Crippen molar-refractivity contribution in [3.05, 3.63) is 90.0 Å². The minimum Gasteiger partial charge on any atom is -0.493 e. The molecular formula is C24H27NO2. The van der Waals surface area contributed by atoms with Crippen LogP contribution in [0.1, 0.15) is 25.0 Å². The first-order valence-electron chi connectivity index (χ1n) is 9.42. The van der Waals surface area contributed by atoms with E-state index in [4.69, 9.17) is 9.47 Å². The summed E-state index contributed by atoms with van der Waals surface area (Å²) in [5.74, 6) is 2.28. The van der Waals surface area contributed by atoms with E-state index in [1.54, 1.807) is 0 Å². The first kappa shape index (κ1) is 18.8. The first-order valence-corrected chi connectivity index (χ1v) is 9.42. The van der Waals surface area contributed by atoms with Crippen LogP contribution in [0.4, 0.5) is 5.69 Å². The van der Waals surface area contributed by atoms with Crippen LogP contribution in [-0.4, -0.2) is 6.61 Å². The van der Waals surface area contributed by atoms with Gasteiger partial charge in [-0.25, -0.2) is 0 Å². The molecule has 0 aliphatic heterocycles. The molecule has 0 fully saturated rings. The number of rotatable bonds is 9. The van der Waals surface area contributed by atoms with Gasteiger partial charge in [-0.3, -0.25) is 0 Å². The molecule has 3 rings (SSSR count). The maximum Gasteiger partial charge on any atom is 0.142 e. The summed E-state index contributed by atoms with van der Waals surface area (Å²) >= 11 is 0. The zero-order valence-corrected chi connectivity index (χ0v) is 16.0. The highest BCUT2D eigenvalue weighted by atomic mass is 16.5. The molecule has 3 heteroatoms. The second kappa shape index (κ2) is 9.67. The van der Waals surface area contributed by atoms with E-state index >= 15 is 0 Å². The Morgan fingerprint density at radius 1 is 0.778 bits per heavy atom. The highest BCUT2D eigenvalue weighted by molar-refractivity contribution is 5.56. The van der Waals surface area contributed by atoms with Crippen molar-refractivity contribution in [1.29, 1.82) is 0 Å². The molecule has 0 aliphatic carbocycles. The van der Waals surface area contributed by atoms with Crippen LogP contribution >= 0.6 is 0 Å². The van der Waals surface area contributed by atoms with Gasteiger partial charge in [-0.1, -0.05) is 68.4 Å². The fourth-order valence-electron chi connectivity index (χ4n) is 2.68. The van der Waals surface area contributed by atoms with Crippen molar-refractivity contribution < 1.29 is 9.47 Å². The van der Waals surface area contributed by atoms with Crippen LogP contribution < -0.4 is 14.8 Å². The number of ether oxygens (including phenoxy) is 2. The molecule has 0 aromatic heterocycles. The molecule has 1 N–H and O–H groups in total. The molecule has 3 aromatic carbocycles. The summed E-state index contributed by atoms with van der Waals surface area (Å²) in [6.45, 7) is 6.30. The SMILES string of the molecule is CC(C)COc1cccc(CNc2ccccc2OCc2ccccc2)c1. The van der Waals surface area contributed by atoms with Crippen LogP contribution in [0.25, 0.3) is 0 Å². The largest absolute Gasteiger partial charge is 0.493 e. The molecule has 140 valence electrons. The van der Waals surface area contributed by atoms with Crippen molar-refractivity contribution in [2.45, 2.75) is 27.0 Å². The molecule has 0 atom stereocenters. The predicted molar refractivity (Wildman–Crippen MR) is 111 cm³/mol. The molecule has 0 saturated carbocycles. The Bertz CT molecular complexity index is 831. The van der Waals surface area contributed by atoms with Crippen molar-refractivity contribution in [2.24, 2.45) is 5.92 Å². The Morgan fingerprint density at radius 3 is 2.33 bits per heavy atom. The van der Waals surface area contributed by atoms with Crippen LogP contribution in [0.2, 0.25) is 0 Å². The summed E-state index contributed by atoms with van der Waals surface area (Å²) in [7, 11) is 0. The van der Waals surface area contributed by atoms with E-state index in [0.717, 1.165) is 29.4 Å². The lowest BCUT2D eigenvalue weighted by molar-refractivity contribution is 0.271. The maximum atomic E-state index is 6.01. The van der Waals surface area contributed by atoms with Crippen molar-refractivity contribution in [1.82, 2.24) is 0 Å². The normalized spacial score (nSPS) is 10.6. The zero-order chi connectivity index (χ0) is 18.9. The van der Waals surface area contributed by atoms with Gasteiger partial charge in [0.1, 0.15) is 18.1 Å². The quantitative estimate of drug-likeness (QED) is 0.514. The minimum absolute atomic E-state index is 0.514. The van der Waals surface area contributed by atoms with Crippen LogP contribution in [0.15, 0.2) is 78.9 Å². The third-order valence-corrected chi connectivity index (χ3v) is 4.09. The highest BCUT2D eigenvalue weighted by Gasteiger charge is 2.04. The lowest BCUT2D eigenvalue weighted by Gasteiger charge is -2.14. The van der Waals surface area contributed by atoms with E-state index in [1.807, 2.05) is 54.6 Å². The monoisotopic (exact) mass is 361 g/mol. The summed E-state index contributed by atoms with van der Waals surface area (Å²) in [6, 6.07) is 26.5. The molecule has 0 spiro atoms. The van der Waals surface area contributed by atoms with Crippen molar-refractivity contribution in [3.63, 3.8) is 0 Å². The van der Waals surface area contributed by atoms with Gasteiger partial charge in [0.2, 0.25) is 0 Å². The van der Waals surface area contributed by atoms with Crippen molar-refractivity contribution in [2.75, 3.05) is 11.9 Å². The van der Waals surface area contributed by atoms with Crippen LogP contribution in [-0.2, 0) is 13.2 Å². The summed E-state index contributed by atoms with van der Waals surface area (Å²) in [5.41, 5.74) is 3.32. The van der Waals surface area contributed by atoms with Crippen LogP contribution in [0.5, 0.6) is 11.5 Å². The molecule has 0 amide bonds. The Kier molecular flexibility index (Phi) is 6.75. The highest BCUT2D eigenvalue weighted by Crippen LogP contribution is 2.26. The Morgan fingerprint density at radius 2 is 1.52 bits per heavy atom. The molecule has 0 unspecified atom stereocenters. The fraction of sp³-hybridized carbons (Fsp3) is 0.250. The Labute approximate surface area is 162 Å². The second-order valence-corrected chi connectivity index (χ2v) is 6.98. The third kappa shape index (κ3) is 6.07. The van der Waals surface area contributed by atoms with E-state index in [1.165, 1.54) is 5.56 Å². The molecule has 27 heavy (non-hydrogen) atoms. The Hall–Kier alpha value is -2.94. The number of hydrogen-bond donors (Lipinski definition) is 1. The van der Waals surface area contributed by atoms with Gasteiger partial charge in [-0.2, -0.15) is 0 Å². The van der Waals surface area contributed by atoms with Gasteiger partial charge in [-0.05, 0) is 41.3 Å². The van der Waals surface area contributed by atoms with Crippen LogP contribution in [0, 0.1) is 5.92 Å². The summed E-state index contributed by atoms with van der Waals surface area (Å²) in [6.07, 6.45) is 0. The second-order valence-electron chi connectivity index (χ2n) is 6.98. The van der Waals surface area contributed by atoms with Gasteiger partial charge < -0.3 is 14.8 Å². The van der Waals surface area contributed by atoms with Gasteiger partial charge in [0.05, 0.1) is 12.3 Å². The third-order valence-electron chi connectivity index (χ3n) is 4.09. The minimum atomic E-state index is 0.514. The lowest BCUT2D eigenvalue weighted by Crippen LogP contribution is -2.06. The zero-order valence-electron chi connectivity index (χ0n) is 16.0. The van der Waals surface area contributed by atoms with Crippen molar-refractivity contribution >= 4 is 5.69 Å². The smallest absolute Gasteiger partial charge is 0.142 e. The van der Waals surface area contributed by atoms with E-state index < -0.39 is 0 Å². The lowest BCUT2D eigenvalue weighted by atomic mass is 10.2. The van der Waals surface area contributed by atoms with Gasteiger partial charge >= 0.3 is 0 Å². The molecule has 0 bridgehead atoms. The summed E-state index contributed by atoms with van der Waals surface area (Å²) < 4.78 is 11.8. The van der Waals surface area contributed by atoms with Crippen molar-refractivity contribution in [3.8, 4) is 11.5 Å². The van der Waals surface area contributed by atoms with E-state index in [9.17, 15) is 0 Å². The number of anilines is 1. The number of para-hydroxylation sites is 2. The maximum absolute atomic E-state index is 6.01. The topological polar surface area (TPSA) is 30.5 Å². The molecule has 0 radical (unpaired) electrons. The van der Waals surface area contributed by atoms with Gasteiger partial charge in [-0.15, -0.1) is 0 Å². The number of benzene rings is 3. The van der Waals surface area contributed by atoms with Gasteiger partial charge in [0.25, 0.3) is 0 Å². The summed E-state index contributed by atoms with van der Waals surface area (Å²) in [4.78, 5) is 0. The molecule has 3 aromatic rings. The molecular weight excluding hydrogens is 334 g/mol. The number of nitrogens with one attached hydrogen (secondary N) is 1. The van der Waals surface area contributed by atoms with Gasteiger partial charge in [0, 0.05) is 6.54 Å². The number of hydrogen-bond acceptors (Lipinski definition) is 3. The molecule has 0 heterocycles. The predicted octanol–water partition coefficient (Wildman–Crippen LogP) is 5.91. The standard InChI is InChI=1S/C24H27NO2/c1-19(2)17-26-22-12-8-11-21(15-22)16-25-23-13-6-7-14-24(23)27-18-20-9-4-3-5-10-20/h3-15,19,25H,16-18H2,1-2H3. The first-order chi connectivity index (χ1) is 13.2. The van der Waals surface area contributed by atoms with E-state index in [2.05, 4.69) is 43.4 Å².